The summed E-state index contributed by atoms with van der Waals surface area (Å²) in [5.41, 5.74) is -0.343. The zero-order valence-electron chi connectivity index (χ0n) is 9.05. The van der Waals surface area contributed by atoms with Gasteiger partial charge in [0.25, 0.3) is 0 Å². The predicted octanol–water partition coefficient (Wildman–Crippen LogP) is 2.41. The van der Waals surface area contributed by atoms with E-state index >= 15 is 0 Å². The molecule has 0 rings (SSSR count). The Kier molecular flexibility index (Phi) is 6.19. The normalized spacial score (nSPS) is 15.4. The quantitative estimate of drug-likeness (QED) is 0.669. The maximum atomic E-state index is 9.01. The van der Waals surface area contributed by atoms with Crippen molar-refractivity contribution < 1.29 is 0 Å². The Morgan fingerprint density at radius 2 is 2.15 bits per heavy atom. The summed E-state index contributed by atoms with van der Waals surface area (Å²) in [4.78, 5) is 0. The smallest absolute Gasteiger partial charge is 0.104 e. The van der Waals surface area contributed by atoms with Crippen LogP contribution in [0.15, 0.2) is 0 Å². The molecule has 1 N–H and O–H groups in total. The molecule has 0 aromatic carbocycles. The molecule has 0 spiro atoms. The summed E-state index contributed by atoms with van der Waals surface area (Å²) >= 11 is 1.83. The van der Waals surface area contributed by atoms with Crippen LogP contribution in [0.3, 0.4) is 0 Å². The van der Waals surface area contributed by atoms with Gasteiger partial charge in [-0.05, 0) is 45.6 Å². The van der Waals surface area contributed by atoms with Gasteiger partial charge >= 0.3 is 0 Å². The van der Waals surface area contributed by atoms with Crippen molar-refractivity contribution in [1.29, 1.82) is 5.26 Å². The fraction of sp³-hybridized carbons (Fsp3) is 0.900. The Balaban J connectivity index is 3.91. The van der Waals surface area contributed by atoms with Gasteiger partial charge in [-0.3, -0.25) is 5.32 Å². The minimum Gasteiger partial charge on any atom is -0.297 e. The summed E-state index contributed by atoms with van der Waals surface area (Å²) in [7, 11) is 0. The van der Waals surface area contributed by atoms with E-state index in [2.05, 4.69) is 31.5 Å². The van der Waals surface area contributed by atoms with Gasteiger partial charge in [-0.1, -0.05) is 0 Å². The molecule has 2 nitrogen and oxygen atoms in total. The van der Waals surface area contributed by atoms with Crippen LogP contribution in [-0.2, 0) is 0 Å². The van der Waals surface area contributed by atoms with E-state index in [1.807, 2.05) is 18.7 Å². The van der Waals surface area contributed by atoms with Crippen molar-refractivity contribution in [2.45, 2.75) is 45.2 Å². The highest BCUT2D eigenvalue weighted by atomic mass is 32.2. The lowest BCUT2D eigenvalue weighted by Crippen LogP contribution is -2.44. The van der Waals surface area contributed by atoms with Crippen molar-refractivity contribution in [3.05, 3.63) is 0 Å². The number of hydrogen-bond acceptors (Lipinski definition) is 3. The maximum Gasteiger partial charge on any atom is 0.104 e. The van der Waals surface area contributed by atoms with Gasteiger partial charge in [-0.25, -0.2) is 0 Å². The third-order valence-electron chi connectivity index (χ3n) is 1.88. The molecule has 0 aromatic rings. The molecule has 0 aromatic heterocycles. The first-order valence-electron chi connectivity index (χ1n) is 4.72. The number of rotatable bonds is 6. The van der Waals surface area contributed by atoms with Crippen LogP contribution in [0.2, 0.25) is 0 Å². The monoisotopic (exact) mass is 200 g/mol. The molecule has 0 amide bonds. The van der Waals surface area contributed by atoms with Crippen molar-refractivity contribution in [2.75, 3.05) is 12.0 Å². The van der Waals surface area contributed by atoms with Crippen molar-refractivity contribution in [3.63, 3.8) is 0 Å². The first kappa shape index (κ1) is 12.8. The lowest BCUT2D eigenvalue weighted by atomic mass is 9.97. The summed E-state index contributed by atoms with van der Waals surface area (Å²) in [5.74, 6) is 1.14. The lowest BCUT2D eigenvalue weighted by molar-refractivity contribution is 0.380. The van der Waals surface area contributed by atoms with Gasteiger partial charge in [-0.15, -0.1) is 0 Å². The van der Waals surface area contributed by atoms with Gasteiger partial charge in [-0.2, -0.15) is 17.0 Å². The predicted molar refractivity (Wildman–Crippen MR) is 59.9 cm³/mol. The van der Waals surface area contributed by atoms with E-state index < -0.39 is 0 Å². The number of nitriles is 1. The summed E-state index contributed by atoms with van der Waals surface area (Å²) in [5, 5.41) is 12.3. The average Bonchev–Trinajstić information content (AvgIpc) is 2.04. The molecule has 0 saturated carbocycles. The molecule has 0 aliphatic rings. The van der Waals surface area contributed by atoms with Crippen LogP contribution in [0.4, 0.5) is 0 Å². The standard InChI is InChI=1S/C10H20N2S/c1-9(2)12-10(3,8-11)6-5-7-13-4/h9,12H,5-7H2,1-4H3. The van der Waals surface area contributed by atoms with E-state index in [0.717, 1.165) is 18.6 Å². The number of hydrogen-bond donors (Lipinski definition) is 1. The molecule has 0 aliphatic heterocycles. The van der Waals surface area contributed by atoms with Crippen LogP contribution < -0.4 is 5.32 Å². The van der Waals surface area contributed by atoms with Gasteiger partial charge in [0.2, 0.25) is 0 Å². The second-order valence-corrected chi connectivity index (χ2v) is 4.82. The number of nitrogens with zero attached hydrogens (tertiary/aromatic N) is 1. The largest absolute Gasteiger partial charge is 0.297 e. The highest BCUT2D eigenvalue weighted by Crippen LogP contribution is 2.13. The number of thioether (sulfide) groups is 1. The van der Waals surface area contributed by atoms with Gasteiger partial charge in [0.15, 0.2) is 0 Å². The highest BCUT2D eigenvalue weighted by Gasteiger charge is 2.23. The molecule has 3 heteroatoms. The molecular formula is C10H20N2S. The van der Waals surface area contributed by atoms with Gasteiger partial charge in [0.05, 0.1) is 6.07 Å². The Morgan fingerprint density at radius 3 is 2.54 bits per heavy atom. The molecule has 0 heterocycles. The molecule has 1 atom stereocenters. The van der Waals surface area contributed by atoms with Crippen molar-refractivity contribution in [1.82, 2.24) is 5.32 Å². The summed E-state index contributed by atoms with van der Waals surface area (Å²) < 4.78 is 0. The maximum absolute atomic E-state index is 9.01. The van der Waals surface area contributed by atoms with Crippen LogP contribution in [0, 0.1) is 11.3 Å². The van der Waals surface area contributed by atoms with Gasteiger partial charge in [0, 0.05) is 6.04 Å². The van der Waals surface area contributed by atoms with Crippen molar-refractivity contribution >= 4 is 11.8 Å². The van der Waals surface area contributed by atoms with Crippen LogP contribution in [0.5, 0.6) is 0 Å². The third-order valence-corrected chi connectivity index (χ3v) is 2.58. The summed E-state index contributed by atoms with van der Waals surface area (Å²) in [6, 6.07) is 2.72. The fourth-order valence-electron chi connectivity index (χ4n) is 1.37. The molecule has 0 fully saturated rings. The van der Waals surface area contributed by atoms with E-state index in [1.165, 1.54) is 0 Å². The molecule has 0 aliphatic carbocycles. The SMILES string of the molecule is CSCCCC(C)(C#N)NC(C)C. The first-order chi connectivity index (χ1) is 6.04. The zero-order chi connectivity index (χ0) is 10.3. The Labute approximate surface area is 86.1 Å². The minimum atomic E-state index is -0.343. The molecule has 0 saturated heterocycles. The summed E-state index contributed by atoms with van der Waals surface area (Å²) in [6.07, 6.45) is 4.13. The zero-order valence-corrected chi connectivity index (χ0v) is 9.87. The summed E-state index contributed by atoms with van der Waals surface area (Å²) in [6.45, 7) is 6.13. The van der Waals surface area contributed by atoms with Gasteiger partial charge in [0.1, 0.15) is 5.54 Å². The molecule has 13 heavy (non-hydrogen) atoms. The van der Waals surface area contributed by atoms with E-state index in [-0.39, 0.29) is 5.54 Å². The second kappa shape index (κ2) is 6.28. The van der Waals surface area contributed by atoms with E-state index in [0.29, 0.717) is 6.04 Å². The third kappa shape index (κ3) is 5.95. The molecule has 76 valence electrons. The Hall–Kier alpha value is -0.200. The van der Waals surface area contributed by atoms with E-state index in [4.69, 9.17) is 5.26 Å². The Bertz CT molecular complexity index is 174. The number of nitrogens with one attached hydrogen (secondary N) is 1. The van der Waals surface area contributed by atoms with Crippen LogP contribution in [0.1, 0.15) is 33.6 Å². The van der Waals surface area contributed by atoms with E-state index in [1.54, 1.807) is 0 Å². The second-order valence-electron chi connectivity index (χ2n) is 3.84. The Morgan fingerprint density at radius 1 is 1.54 bits per heavy atom. The average molecular weight is 200 g/mol. The topological polar surface area (TPSA) is 35.8 Å². The molecule has 1 unspecified atom stereocenters. The molecule has 0 radical (unpaired) electrons. The fourth-order valence-corrected chi connectivity index (χ4v) is 1.80. The lowest BCUT2D eigenvalue weighted by Gasteiger charge is -2.25. The minimum absolute atomic E-state index is 0.343. The van der Waals surface area contributed by atoms with Gasteiger partial charge < -0.3 is 0 Å². The molecule has 0 bridgehead atoms. The first-order valence-corrected chi connectivity index (χ1v) is 6.11. The van der Waals surface area contributed by atoms with Crippen LogP contribution in [-0.4, -0.2) is 23.6 Å². The van der Waals surface area contributed by atoms with E-state index in [9.17, 15) is 0 Å². The van der Waals surface area contributed by atoms with Crippen LogP contribution >= 0.6 is 11.8 Å². The van der Waals surface area contributed by atoms with Crippen molar-refractivity contribution in [2.24, 2.45) is 0 Å². The molecular weight excluding hydrogens is 180 g/mol. The van der Waals surface area contributed by atoms with Crippen LogP contribution in [0.25, 0.3) is 0 Å². The van der Waals surface area contributed by atoms with Crippen molar-refractivity contribution in [3.8, 4) is 6.07 Å². The highest BCUT2D eigenvalue weighted by molar-refractivity contribution is 7.98.